The lowest BCUT2D eigenvalue weighted by molar-refractivity contribution is 0.111. The van der Waals surface area contributed by atoms with Crippen molar-refractivity contribution < 1.29 is 9.59 Å². The van der Waals surface area contributed by atoms with Gasteiger partial charge in [-0.15, -0.1) is 0 Å². The summed E-state index contributed by atoms with van der Waals surface area (Å²) < 4.78 is 0. The predicted molar refractivity (Wildman–Crippen MR) is 237 cm³/mol. The van der Waals surface area contributed by atoms with E-state index in [1.165, 1.54) is 11.4 Å². The quantitative estimate of drug-likeness (QED) is 0.0381. The third-order valence-corrected chi connectivity index (χ3v) is 7.12. The Morgan fingerprint density at radius 2 is 0.825 bits per heavy atom. The number of aryl methyl sites for hydroxylation is 6. The minimum absolute atomic E-state index is 0.641. The van der Waals surface area contributed by atoms with E-state index >= 15 is 0 Å². The summed E-state index contributed by atoms with van der Waals surface area (Å²) >= 11 is 0. The summed E-state index contributed by atoms with van der Waals surface area (Å²) in [5.41, 5.74) is 20.3. The Hall–Kier alpha value is -6.44. The van der Waals surface area contributed by atoms with Crippen LogP contribution in [0.25, 0.3) is 0 Å². The number of aromatic amines is 7. The zero-order chi connectivity index (χ0) is 41.9. The van der Waals surface area contributed by atoms with Gasteiger partial charge in [-0.25, -0.2) is 0 Å². The molecule has 0 unspecified atom stereocenters. The molecule has 57 heavy (non-hydrogen) atoms. The Morgan fingerprint density at radius 1 is 0.456 bits per heavy atom. The fraction of sp³-hybridized carbons (Fsp3) is 0.273. The van der Waals surface area contributed by atoms with Crippen LogP contribution in [0.4, 0.5) is 0 Å². The molecule has 7 heterocycles. The van der Waals surface area contributed by atoms with E-state index in [4.69, 9.17) is 11.5 Å². The minimum Gasteiger partial charge on any atom is -0.368 e. The lowest BCUT2D eigenvalue weighted by atomic mass is 10.4. The van der Waals surface area contributed by atoms with Crippen LogP contribution >= 0.6 is 0 Å². The second kappa shape index (κ2) is 31.9. The van der Waals surface area contributed by atoms with E-state index in [0.717, 1.165) is 85.8 Å². The van der Waals surface area contributed by atoms with Gasteiger partial charge in [-0.1, -0.05) is 0 Å². The largest absolute Gasteiger partial charge is 0.368 e. The van der Waals surface area contributed by atoms with Crippen molar-refractivity contribution >= 4 is 25.0 Å². The molecule has 11 N–H and O–H groups in total. The van der Waals surface area contributed by atoms with Crippen LogP contribution in [0.3, 0.4) is 0 Å². The SMILES string of the molecule is Cc1ccc(C=NCCCN=Cc2ccc(C)[nH]2)[nH]1.Cc1ccc(C=O)[nH]1.Cc1ccc(C=O)[nH]1.Cc1ccc[nH]1.Cc1ccc[nH]1.NCCCN.c1cc[nH]c1. The highest BCUT2D eigenvalue weighted by molar-refractivity contribution is 5.77. The number of carbonyl (C=O) groups is 2. The highest BCUT2D eigenvalue weighted by atomic mass is 16.1. The number of aldehydes is 2. The molecule has 0 amide bonds. The highest BCUT2D eigenvalue weighted by Crippen LogP contribution is 1.99. The van der Waals surface area contributed by atoms with Gasteiger partial charge in [0.05, 0.1) is 22.8 Å². The lowest BCUT2D eigenvalue weighted by Crippen LogP contribution is -2.06. The first-order valence-electron chi connectivity index (χ1n) is 18.8. The van der Waals surface area contributed by atoms with Crippen molar-refractivity contribution in [3.05, 3.63) is 167 Å². The zero-order valence-corrected chi connectivity index (χ0v) is 34.3. The van der Waals surface area contributed by atoms with Crippen molar-refractivity contribution in [2.45, 2.75) is 54.4 Å². The summed E-state index contributed by atoms with van der Waals surface area (Å²) in [6.45, 7) is 15.0. The molecule has 13 heteroatoms. The molecule has 0 aliphatic carbocycles. The average Bonchev–Trinajstić information content (AvgIpc) is 4.04. The van der Waals surface area contributed by atoms with Crippen molar-refractivity contribution in [2.24, 2.45) is 21.5 Å². The van der Waals surface area contributed by atoms with Crippen LogP contribution < -0.4 is 11.5 Å². The molecular weight excluding hydrogens is 715 g/mol. The van der Waals surface area contributed by atoms with Crippen LogP contribution in [0.2, 0.25) is 0 Å². The van der Waals surface area contributed by atoms with Gasteiger partial charge in [-0.3, -0.25) is 19.6 Å². The van der Waals surface area contributed by atoms with Gasteiger partial charge in [-0.05, 0) is 152 Å². The van der Waals surface area contributed by atoms with Gasteiger partial charge in [0.15, 0.2) is 12.6 Å². The first-order chi connectivity index (χ1) is 27.6. The van der Waals surface area contributed by atoms with E-state index in [9.17, 15) is 9.59 Å². The monoisotopic (exact) mass is 778 g/mol. The zero-order valence-electron chi connectivity index (χ0n) is 34.3. The molecule has 0 spiro atoms. The van der Waals surface area contributed by atoms with Crippen molar-refractivity contribution in [1.29, 1.82) is 0 Å². The molecule has 306 valence electrons. The summed E-state index contributed by atoms with van der Waals surface area (Å²) in [5.74, 6) is 0. The van der Waals surface area contributed by atoms with Crippen LogP contribution in [-0.4, -0.2) is 86.1 Å². The normalized spacial score (nSPS) is 9.82. The fourth-order valence-electron chi connectivity index (χ4n) is 4.21. The summed E-state index contributed by atoms with van der Waals surface area (Å²) in [7, 11) is 0. The summed E-state index contributed by atoms with van der Waals surface area (Å²) in [6, 6.07) is 27.3. The van der Waals surface area contributed by atoms with Crippen LogP contribution in [0.5, 0.6) is 0 Å². The van der Waals surface area contributed by atoms with Gasteiger partial charge in [0.2, 0.25) is 0 Å². The van der Waals surface area contributed by atoms with Gasteiger partial charge in [0.25, 0.3) is 0 Å². The number of hydrogen-bond donors (Lipinski definition) is 9. The van der Waals surface area contributed by atoms with Gasteiger partial charge in [0.1, 0.15) is 0 Å². The number of carbonyl (C=O) groups excluding carboxylic acids is 2. The topological polar surface area (TPSA) is 221 Å². The van der Waals surface area contributed by atoms with E-state index < -0.39 is 0 Å². The van der Waals surface area contributed by atoms with Crippen molar-refractivity contribution in [2.75, 3.05) is 26.2 Å². The van der Waals surface area contributed by atoms with Gasteiger partial charge < -0.3 is 46.4 Å². The number of H-pyrrole nitrogens is 7. The van der Waals surface area contributed by atoms with Crippen molar-refractivity contribution in [1.82, 2.24) is 34.9 Å². The summed E-state index contributed by atoms with van der Waals surface area (Å²) in [4.78, 5) is 49.7. The first kappa shape index (κ1) is 48.6. The van der Waals surface area contributed by atoms with Crippen molar-refractivity contribution in [3.63, 3.8) is 0 Å². The standard InChI is InChI=1S/C15H20N4.2C6H7NO.2C5H7N.C4H5N.C3H10N2/c1-12-4-6-14(18-12)10-16-8-3-9-17-11-15-7-5-13(2)19-15;2*1-5-2-3-6(4-8)7-5;2*1-5-3-2-4-6-5;1-2-4-5-3-1;4-2-1-3-5/h4-7,10-11,18-19H,3,8-9H2,1-2H3;2*2-4,7H,1H3;2*2-4,6H,1H3;1-5H;1-5H2. The third-order valence-electron chi connectivity index (χ3n) is 7.12. The predicted octanol–water partition coefficient (Wildman–Crippen LogP) is 8.11. The summed E-state index contributed by atoms with van der Waals surface area (Å²) in [5, 5.41) is 0. The molecule has 0 saturated carbocycles. The van der Waals surface area contributed by atoms with E-state index in [-0.39, 0.29) is 0 Å². The van der Waals surface area contributed by atoms with Gasteiger partial charge in [0, 0.05) is 84.5 Å². The first-order valence-corrected chi connectivity index (χ1v) is 18.8. The molecule has 0 aliphatic heterocycles. The molecule has 7 aromatic rings. The molecule has 0 aromatic carbocycles. The molecule has 0 bridgehead atoms. The second-order valence-electron chi connectivity index (χ2n) is 12.6. The Labute approximate surface area is 337 Å². The fourth-order valence-corrected chi connectivity index (χ4v) is 4.21. The minimum atomic E-state index is 0.641. The van der Waals surface area contributed by atoms with Crippen molar-refractivity contribution in [3.8, 4) is 0 Å². The van der Waals surface area contributed by atoms with Crippen LogP contribution in [0.15, 0.2) is 120 Å². The van der Waals surface area contributed by atoms with Crippen LogP contribution in [0, 0.1) is 41.5 Å². The van der Waals surface area contributed by atoms with Crippen LogP contribution in [0.1, 0.15) is 79.4 Å². The number of nitrogens with zero attached hydrogens (tertiary/aromatic N) is 2. The third kappa shape index (κ3) is 26.9. The molecule has 0 atom stereocenters. The maximum absolute atomic E-state index is 9.99. The van der Waals surface area contributed by atoms with Gasteiger partial charge in [-0.2, -0.15) is 0 Å². The number of nitrogens with two attached hydrogens (primary N) is 2. The lowest BCUT2D eigenvalue weighted by Gasteiger charge is -1.91. The Bertz CT molecular complexity index is 1830. The number of hydrogen-bond acceptors (Lipinski definition) is 6. The maximum atomic E-state index is 9.99. The molecule has 0 aliphatic rings. The Kier molecular flexibility index (Phi) is 27.2. The number of aliphatic imine (C=N–C) groups is 2. The second-order valence-corrected chi connectivity index (χ2v) is 12.6. The maximum Gasteiger partial charge on any atom is 0.166 e. The Balaban J connectivity index is 0.000000359. The van der Waals surface area contributed by atoms with Gasteiger partial charge >= 0.3 is 0 Å². The molecule has 0 radical (unpaired) electrons. The average molecular weight is 778 g/mol. The molecule has 0 saturated heterocycles. The number of rotatable bonds is 10. The molecular formula is C44H63N11O2. The molecule has 7 rings (SSSR count). The highest BCUT2D eigenvalue weighted by Gasteiger charge is 1.92. The summed E-state index contributed by atoms with van der Waals surface area (Å²) in [6.07, 6.45) is 14.8. The van der Waals surface area contributed by atoms with E-state index in [0.29, 0.717) is 11.4 Å². The Morgan fingerprint density at radius 3 is 1.00 bits per heavy atom. The number of nitrogens with one attached hydrogen (secondary N) is 7. The van der Waals surface area contributed by atoms with E-state index in [1.54, 1.807) is 12.1 Å². The smallest absolute Gasteiger partial charge is 0.166 e. The van der Waals surface area contributed by atoms with E-state index in [1.807, 2.05) is 152 Å². The van der Waals surface area contributed by atoms with E-state index in [2.05, 4.69) is 44.9 Å². The molecule has 13 nitrogen and oxygen atoms in total. The molecule has 7 aromatic heterocycles. The van der Waals surface area contributed by atoms with Crippen LogP contribution in [-0.2, 0) is 0 Å². The number of aromatic nitrogens is 7. The molecule has 0 fully saturated rings.